The first-order valence-corrected chi connectivity index (χ1v) is 12.4. The van der Waals surface area contributed by atoms with Gasteiger partial charge in [0.05, 0.1) is 42.3 Å². The standard InChI is InChI=1S/C24H29F3N2O6S/c25-24(26,27)13-5-6-20-16(9-13)29(15-3-1-2-4-19(15)36-20)11-14(31)10-28-8-7-17-21(32)23(34)22(33)18(12-30)35-17/h1-6,9,14,17-18,21-23,28,30-34H,7-8,10-12H2/t14?,17?,18-,21+,22-,23-/m1/s1. The molecule has 0 bridgehead atoms. The van der Waals surface area contributed by atoms with Gasteiger partial charge in [0.1, 0.15) is 24.4 Å². The van der Waals surface area contributed by atoms with E-state index >= 15 is 0 Å². The molecule has 6 atom stereocenters. The van der Waals surface area contributed by atoms with Crippen LogP contribution in [0.1, 0.15) is 12.0 Å². The summed E-state index contributed by atoms with van der Waals surface area (Å²) in [6, 6.07) is 10.9. The Morgan fingerprint density at radius 1 is 0.972 bits per heavy atom. The number of aliphatic hydroxyl groups is 5. The van der Waals surface area contributed by atoms with Crippen LogP contribution in [0.3, 0.4) is 0 Å². The quantitative estimate of drug-likeness (QED) is 0.282. The molecule has 6 N–H and O–H groups in total. The van der Waals surface area contributed by atoms with Crippen molar-refractivity contribution in [1.29, 1.82) is 0 Å². The summed E-state index contributed by atoms with van der Waals surface area (Å²) in [5, 5.41) is 52.9. The average Bonchev–Trinajstić information content (AvgIpc) is 2.85. The van der Waals surface area contributed by atoms with Crippen molar-refractivity contribution in [2.24, 2.45) is 0 Å². The fourth-order valence-corrected chi connectivity index (χ4v) is 5.48. The van der Waals surface area contributed by atoms with Crippen molar-refractivity contribution < 1.29 is 43.4 Å². The molecule has 2 aliphatic heterocycles. The van der Waals surface area contributed by atoms with Crippen LogP contribution in [0, 0.1) is 0 Å². The molecule has 0 spiro atoms. The van der Waals surface area contributed by atoms with Crippen LogP contribution in [0.2, 0.25) is 0 Å². The molecule has 0 saturated carbocycles. The Labute approximate surface area is 210 Å². The third-order valence-corrected chi connectivity index (χ3v) is 7.45. The van der Waals surface area contributed by atoms with Crippen LogP contribution in [0.25, 0.3) is 0 Å². The number of para-hydroxylation sites is 1. The van der Waals surface area contributed by atoms with Gasteiger partial charge in [-0.1, -0.05) is 23.9 Å². The number of halogens is 3. The Kier molecular flexibility index (Phi) is 8.47. The molecule has 2 aromatic rings. The molecule has 1 saturated heterocycles. The molecular formula is C24H29F3N2O6S. The van der Waals surface area contributed by atoms with Crippen molar-refractivity contribution in [1.82, 2.24) is 5.32 Å². The smallest absolute Gasteiger partial charge is 0.394 e. The van der Waals surface area contributed by atoms with Crippen molar-refractivity contribution in [2.45, 2.75) is 59.0 Å². The van der Waals surface area contributed by atoms with Crippen LogP contribution < -0.4 is 10.2 Å². The maximum Gasteiger partial charge on any atom is 0.416 e. The van der Waals surface area contributed by atoms with Crippen LogP contribution in [0.4, 0.5) is 24.5 Å². The molecule has 12 heteroatoms. The molecule has 1 fully saturated rings. The lowest BCUT2D eigenvalue weighted by Gasteiger charge is -2.40. The summed E-state index contributed by atoms with van der Waals surface area (Å²) in [7, 11) is 0. The average molecular weight is 531 g/mol. The van der Waals surface area contributed by atoms with E-state index in [4.69, 9.17) is 4.74 Å². The van der Waals surface area contributed by atoms with Crippen LogP contribution in [0.15, 0.2) is 52.3 Å². The lowest BCUT2D eigenvalue weighted by atomic mass is 9.93. The summed E-state index contributed by atoms with van der Waals surface area (Å²) in [6.07, 6.45) is -11.2. The second-order valence-electron chi connectivity index (χ2n) is 8.87. The van der Waals surface area contributed by atoms with Gasteiger partial charge in [0, 0.05) is 16.3 Å². The summed E-state index contributed by atoms with van der Waals surface area (Å²) in [5.74, 6) is 0. The number of alkyl halides is 3. The van der Waals surface area contributed by atoms with Crippen molar-refractivity contribution in [3.8, 4) is 0 Å². The molecule has 0 radical (unpaired) electrons. The van der Waals surface area contributed by atoms with Crippen LogP contribution >= 0.6 is 11.8 Å². The van der Waals surface area contributed by atoms with Gasteiger partial charge in [0.25, 0.3) is 0 Å². The summed E-state index contributed by atoms with van der Waals surface area (Å²) in [6.45, 7) is -0.0852. The fraction of sp³-hybridized carbons (Fsp3) is 0.500. The molecule has 198 valence electrons. The van der Waals surface area contributed by atoms with Crippen LogP contribution in [0.5, 0.6) is 0 Å². The van der Waals surface area contributed by atoms with Crippen molar-refractivity contribution in [2.75, 3.05) is 31.1 Å². The highest BCUT2D eigenvalue weighted by molar-refractivity contribution is 7.99. The molecule has 0 aromatic heterocycles. The number of ether oxygens (including phenoxy) is 1. The van der Waals surface area contributed by atoms with Gasteiger partial charge in [-0.05, 0) is 43.3 Å². The Balaban J connectivity index is 1.39. The van der Waals surface area contributed by atoms with E-state index in [9.17, 15) is 38.7 Å². The first-order chi connectivity index (χ1) is 17.1. The Hall–Kier alpha value is -1.90. The minimum absolute atomic E-state index is 0.0406. The molecule has 36 heavy (non-hydrogen) atoms. The highest BCUT2D eigenvalue weighted by atomic mass is 32.2. The zero-order valence-corrected chi connectivity index (χ0v) is 20.0. The summed E-state index contributed by atoms with van der Waals surface area (Å²) >= 11 is 1.37. The molecule has 2 unspecified atom stereocenters. The zero-order chi connectivity index (χ0) is 26.0. The largest absolute Gasteiger partial charge is 0.416 e. The van der Waals surface area contributed by atoms with E-state index in [1.807, 2.05) is 12.1 Å². The molecule has 0 amide bonds. The van der Waals surface area contributed by atoms with Gasteiger partial charge in [-0.25, -0.2) is 0 Å². The van der Waals surface area contributed by atoms with Gasteiger partial charge in [-0.2, -0.15) is 13.2 Å². The van der Waals surface area contributed by atoms with E-state index in [-0.39, 0.29) is 26.1 Å². The van der Waals surface area contributed by atoms with E-state index in [2.05, 4.69) is 5.32 Å². The highest BCUT2D eigenvalue weighted by Crippen LogP contribution is 2.49. The van der Waals surface area contributed by atoms with Gasteiger partial charge >= 0.3 is 6.18 Å². The molecule has 0 aliphatic carbocycles. The maximum atomic E-state index is 13.4. The van der Waals surface area contributed by atoms with E-state index in [1.165, 1.54) is 17.8 Å². The van der Waals surface area contributed by atoms with E-state index in [0.717, 1.165) is 17.0 Å². The zero-order valence-electron chi connectivity index (χ0n) is 19.2. The summed E-state index contributed by atoms with van der Waals surface area (Å²) < 4.78 is 45.6. The summed E-state index contributed by atoms with van der Waals surface area (Å²) in [4.78, 5) is 3.21. The van der Waals surface area contributed by atoms with Crippen molar-refractivity contribution in [3.05, 3.63) is 48.0 Å². The molecule has 8 nitrogen and oxygen atoms in total. The van der Waals surface area contributed by atoms with Gasteiger partial charge in [-0.3, -0.25) is 0 Å². The number of nitrogens with zero attached hydrogens (tertiary/aromatic N) is 1. The van der Waals surface area contributed by atoms with E-state index < -0.39 is 55.0 Å². The minimum atomic E-state index is -4.49. The third kappa shape index (κ3) is 5.81. The maximum absolute atomic E-state index is 13.4. The first kappa shape index (κ1) is 27.1. The molecule has 4 rings (SSSR count). The SMILES string of the molecule is OC[C@H]1OC(CCNCC(O)CN2c3ccccc3Sc3ccc(C(F)(F)F)cc32)[C@H](O)[C@@H](O)[C@@H]1O. The predicted molar refractivity (Wildman–Crippen MR) is 126 cm³/mol. The van der Waals surface area contributed by atoms with Gasteiger partial charge in [0.15, 0.2) is 0 Å². The van der Waals surface area contributed by atoms with Crippen molar-refractivity contribution in [3.63, 3.8) is 0 Å². The molecule has 2 aliphatic rings. The number of anilines is 2. The van der Waals surface area contributed by atoms with Crippen molar-refractivity contribution >= 4 is 23.1 Å². The Morgan fingerprint density at radius 3 is 2.39 bits per heavy atom. The predicted octanol–water partition coefficient (Wildman–Crippen LogP) is 1.49. The van der Waals surface area contributed by atoms with E-state index in [1.54, 1.807) is 17.0 Å². The van der Waals surface area contributed by atoms with Crippen LogP contribution in [-0.2, 0) is 10.9 Å². The minimum Gasteiger partial charge on any atom is -0.394 e. The lowest BCUT2D eigenvalue weighted by molar-refractivity contribution is -0.230. The Bertz CT molecular complexity index is 1040. The second-order valence-corrected chi connectivity index (χ2v) is 9.96. The normalized spacial score (nSPS) is 26.9. The number of nitrogens with one attached hydrogen (secondary N) is 1. The number of hydrogen-bond acceptors (Lipinski definition) is 9. The summed E-state index contributed by atoms with van der Waals surface area (Å²) in [5.41, 5.74) is 0.307. The topological polar surface area (TPSA) is 126 Å². The highest BCUT2D eigenvalue weighted by Gasteiger charge is 2.43. The number of benzene rings is 2. The first-order valence-electron chi connectivity index (χ1n) is 11.5. The monoisotopic (exact) mass is 530 g/mol. The fourth-order valence-electron chi connectivity index (χ4n) is 4.41. The molecule has 2 heterocycles. The van der Waals surface area contributed by atoms with Crippen LogP contribution in [-0.4, -0.2) is 88.4 Å². The number of hydrogen-bond donors (Lipinski definition) is 6. The number of aliphatic hydroxyl groups excluding tert-OH is 5. The number of fused-ring (bicyclic) bond motifs is 2. The number of rotatable bonds is 8. The molecular weight excluding hydrogens is 501 g/mol. The lowest BCUT2D eigenvalue weighted by Crippen LogP contribution is -2.58. The number of β-amino-alcohol motifs (C(OH)–C–C–N with tert-alkyl or cyclic N) is 1. The second kappa shape index (κ2) is 11.2. The van der Waals surface area contributed by atoms with Gasteiger partial charge in [-0.15, -0.1) is 0 Å². The van der Waals surface area contributed by atoms with Gasteiger partial charge in [0.2, 0.25) is 0 Å². The molecule has 2 aromatic carbocycles. The third-order valence-electron chi connectivity index (χ3n) is 6.32. The Morgan fingerprint density at radius 2 is 1.67 bits per heavy atom. The van der Waals surface area contributed by atoms with E-state index in [0.29, 0.717) is 16.3 Å². The van der Waals surface area contributed by atoms with Gasteiger partial charge < -0.3 is 40.5 Å².